The maximum Gasteiger partial charge on any atom is 0.340 e. The number of hydrogen-bond acceptors (Lipinski definition) is 7. The number of para-hydroxylation sites is 1. The molecule has 0 atom stereocenters. The van der Waals surface area contributed by atoms with E-state index in [0.717, 1.165) is 17.7 Å². The van der Waals surface area contributed by atoms with E-state index in [9.17, 15) is 14.4 Å². The molecule has 0 unspecified atom stereocenters. The Hall–Kier alpha value is -3.85. The fourth-order valence-electron chi connectivity index (χ4n) is 3.62. The summed E-state index contributed by atoms with van der Waals surface area (Å²) in [7, 11) is 2.89. The van der Waals surface area contributed by atoms with E-state index < -0.39 is 12.6 Å². The number of carbonyl (C=O) groups excluding carboxylic acids is 3. The number of hydrogen-bond donors (Lipinski definition) is 1. The lowest BCUT2D eigenvalue weighted by atomic mass is 10.1. The summed E-state index contributed by atoms with van der Waals surface area (Å²) in [4.78, 5) is 40.3. The summed E-state index contributed by atoms with van der Waals surface area (Å²) >= 11 is 1.27. The Morgan fingerprint density at radius 1 is 1.03 bits per heavy atom. The SMILES string of the molecule is COc1cc(NC(=O)c2cccs2)c(C(=O)OCC(=O)N2CCc3ccccc32)cc1OC. The van der Waals surface area contributed by atoms with Crippen LogP contribution in [0, 0.1) is 0 Å². The second-order valence-electron chi connectivity index (χ2n) is 7.18. The van der Waals surface area contributed by atoms with Crippen molar-refractivity contribution in [3.63, 3.8) is 0 Å². The van der Waals surface area contributed by atoms with Crippen LogP contribution in [-0.4, -0.2) is 45.2 Å². The van der Waals surface area contributed by atoms with E-state index in [-0.39, 0.29) is 23.1 Å². The average Bonchev–Trinajstić information content (AvgIpc) is 3.52. The Bertz CT molecular complexity index is 1190. The molecule has 0 aliphatic carbocycles. The number of fused-ring (bicyclic) bond motifs is 1. The van der Waals surface area contributed by atoms with Crippen molar-refractivity contribution in [2.24, 2.45) is 0 Å². The number of rotatable bonds is 7. The van der Waals surface area contributed by atoms with Crippen molar-refractivity contribution in [1.29, 1.82) is 0 Å². The van der Waals surface area contributed by atoms with Crippen molar-refractivity contribution in [3.8, 4) is 11.5 Å². The Morgan fingerprint density at radius 3 is 2.52 bits per heavy atom. The summed E-state index contributed by atoms with van der Waals surface area (Å²) in [6.45, 7) is 0.105. The monoisotopic (exact) mass is 466 g/mol. The van der Waals surface area contributed by atoms with Gasteiger partial charge in [-0.15, -0.1) is 11.3 Å². The molecule has 9 heteroatoms. The molecule has 3 aromatic rings. The molecule has 1 N–H and O–H groups in total. The lowest BCUT2D eigenvalue weighted by molar-refractivity contribution is -0.121. The van der Waals surface area contributed by atoms with Crippen molar-refractivity contribution < 1.29 is 28.6 Å². The quantitative estimate of drug-likeness (QED) is 0.533. The second-order valence-corrected chi connectivity index (χ2v) is 8.13. The molecular formula is C24H22N2O6S. The van der Waals surface area contributed by atoms with E-state index in [2.05, 4.69) is 5.32 Å². The first-order chi connectivity index (χ1) is 16.0. The first kappa shape index (κ1) is 22.3. The van der Waals surface area contributed by atoms with Gasteiger partial charge in [0.25, 0.3) is 11.8 Å². The average molecular weight is 467 g/mol. The molecule has 33 heavy (non-hydrogen) atoms. The topological polar surface area (TPSA) is 94.2 Å². The highest BCUT2D eigenvalue weighted by molar-refractivity contribution is 7.12. The van der Waals surface area contributed by atoms with Gasteiger partial charge in [-0.05, 0) is 29.5 Å². The van der Waals surface area contributed by atoms with Gasteiger partial charge in [-0.1, -0.05) is 24.3 Å². The third kappa shape index (κ3) is 4.68. The van der Waals surface area contributed by atoms with Crippen LogP contribution in [-0.2, 0) is 16.0 Å². The van der Waals surface area contributed by atoms with Crippen LogP contribution < -0.4 is 19.7 Å². The number of ether oxygens (including phenoxy) is 3. The summed E-state index contributed by atoms with van der Waals surface area (Å²) in [6, 6.07) is 14.0. The Balaban J connectivity index is 1.53. The lowest BCUT2D eigenvalue weighted by Crippen LogP contribution is -2.33. The minimum absolute atomic E-state index is 0.0483. The van der Waals surface area contributed by atoms with E-state index >= 15 is 0 Å². The smallest absolute Gasteiger partial charge is 0.340 e. The van der Waals surface area contributed by atoms with Crippen molar-refractivity contribution in [1.82, 2.24) is 0 Å². The minimum atomic E-state index is -0.765. The van der Waals surface area contributed by atoms with Gasteiger partial charge in [0.05, 0.1) is 30.3 Å². The molecule has 0 radical (unpaired) electrons. The van der Waals surface area contributed by atoms with Gasteiger partial charge in [0, 0.05) is 24.4 Å². The number of amides is 2. The Kier molecular flexibility index (Phi) is 6.60. The van der Waals surface area contributed by atoms with Gasteiger partial charge in [-0.3, -0.25) is 9.59 Å². The number of carbonyl (C=O) groups is 3. The molecule has 0 saturated carbocycles. The number of thiophene rings is 1. The molecule has 1 aliphatic heterocycles. The van der Waals surface area contributed by atoms with Gasteiger partial charge in [0.15, 0.2) is 18.1 Å². The highest BCUT2D eigenvalue weighted by Gasteiger charge is 2.26. The molecule has 4 rings (SSSR count). The zero-order chi connectivity index (χ0) is 23.4. The van der Waals surface area contributed by atoms with Gasteiger partial charge in [0.2, 0.25) is 0 Å². The summed E-state index contributed by atoms with van der Waals surface area (Å²) in [5.41, 5.74) is 2.14. The molecule has 2 aromatic carbocycles. The molecule has 2 amide bonds. The first-order valence-corrected chi connectivity index (χ1v) is 11.1. The highest BCUT2D eigenvalue weighted by atomic mass is 32.1. The zero-order valence-corrected chi connectivity index (χ0v) is 18.9. The van der Waals surface area contributed by atoms with Crippen LogP contribution in [0.3, 0.4) is 0 Å². The van der Waals surface area contributed by atoms with Crippen LogP contribution >= 0.6 is 11.3 Å². The Morgan fingerprint density at radius 2 is 1.79 bits per heavy atom. The Labute approximate surface area is 194 Å². The van der Waals surface area contributed by atoms with Crippen molar-refractivity contribution in [3.05, 3.63) is 69.9 Å². The molecule has 0 bridgehead atoms. The molecular weight excluding hydrogens is 444 g/mol. The van der Waals surface area contributed by atoms with Crippen LogP contribution in [0.15, 0.2) is 53.9 Å². The third-order valence-corrected chi connectivity index (χ3v) is 6.12. The number of esters is 1. The lowest BCUT2D eigenvalue weighted by Gasteiger charge is -2.18. The molecule has 170 valence electrons. The molecule has 0 saturated heterocycles. The van der Waals surface area contributed by atoms with Gasteiger partial charge >= 0.3 is 5.97 Å². The summed E-state index contributed by atoms with van der Waals surface area (Å²) in [6.07, 6.45) is 0.754. The molecule has 1 aliphatic rings. The van der Waals surface area contributed by atoms with Crippen LogP contribution in [0.25, 0.3) is 0 Å². The predicted molar refractivity (Wildman–Crippen MR) is 125 cm³/mol. The van der Waals surface area contributed by atoms with Gasteiger partial charge in [0.1, 0.15) is 0 Å². The van der Waals surface area contributed by atoms with Crippen LogP contribution in [0.4, 0.5) is 11.4 Å². The summed E-state index contributed by atoms with van der Waals surface area (Å²) in [5, 5.41) is 4.49. The maximum absolute atomic E-state index is 12.9. The number of nitrogens with one attached hydrogen (secondary N) is 1. The normalized spacial score (nSPS) is 12.1. The van der Waals surface area contributed by atoms with Crippen LogP contribution in [0.2, 0.25) is 0 Å². The second kappa shape index (κ2) is 9.74. The van der Waals surface area contributed by atoms with E-state index in [4.69, 9.17) is 14.2 Å². The van der Waals surface area contributed by atoms with E-state index in [1.54, 1.807) is 22.4 Å². The predicted octanol–water partition coefficient (Wildman–Crippen LogP) is 3.76. The van der Waals surface area contributed by atoms with Crippen LogP contribution in [0.1, 0.15) is 25.6 Å². The number of methoxy groups -OCH3 is 2. The summed E-state index contributed by atoms with van der Waals surface area (Å²) < 4.78 is 15.9. The van der Waals surface area contributed by atoms with Gasteiger partial charge < -0.3 is 24.4 Å². The molecule has 2 heterocycles. The van der Waals surface area contributed by atoms with Gasteiger partial charge in [-0.2, -0.15) is 0 Å². The first-order valence-electron chi connectivity index (χ1n) is 10.2. The fraction of sp³-hybridized carbons (Fsp3) is 0.208. The molecule has 0 spiro atoms. The van der Waals surface area contributed by atoms with Crippen molar-refractivity contribution in [2.45, 2.75) is 6.42 Å². The summed E-state index contributed by atoms with van der Waals surface area (Å²) in [5.74, 6) is -0.842. The zero-order valence-electron chi connectivity index (χ0n) is 18.1. The third-order valence-electron chi connectivity index (χ3n) is 5.25. The molecule has 8 nitrogen and oxygen atoms in total. The largest absolute Gasteiger partial charge is 0.493 e. The minimum Gasteiger partial charge on any atom is -0.493 e. The van der Waals surface area contributed by atoms with E-state index in [1.807, 2.05) is 24.3 Å². The number of anilines is 2. The molecule has 0 fully saturated rings. The maximum atomic E-state index is 12.9. The highest BCUT2D eigenvalue weighted by Crippen LogP contribution is 2.34. The van der Waals surface area contributed by atoms with Crippen molar-refractivity contribution in [2.75, 3.05) is 37.6 Å². The van der Waals surface area contributed by atoms with Crippen LogP contribution in [0.5, 0.6) is 11.5 Å². The molecule has 1 aromatic heterocycles. The van der Waals surface area contributed by atoms with Crippen molar-refractivity contribution >= 4 is 40.5 Å². The van der Waals surface area contributed by atoms with E-state index in [0.29, 0.717) is 22.9 Å². The van der Waals surface area contributed by atoms with Gasteiger partial charge in [-0.25, -0.2) is 4.79 Å². The van der Waals surface area contributed by atoms with E-state index in [1.165, 1.54) is 37.7 Å². The standard InChI is InChI=1S/C24H22N2O6S/c1-30-19-12-16(17(13-20(19)31-2)25-23(28)21-8-5-11-33-21)24(29)32-14-22(27)26-10-9-15-6-3-4-7-18(15)26/h3-8,11-13H,9-10,14H2,1-2H3,(H,25,28). The fourth-order valence-corrected chi connectivity index (χ4v) is 4.24. The number of nitrogens with zero attached hydrogens (tertiary/aromatic N) is 1. The number of benzene rings is 2.